The van der Waals surface area contributed by atoms with Gasteiger partial charge in [-0.15, -0.1) is 0 Å². The van der Waals surface area contributed by atoms with Crippen molar-refractivity contribution in [2.45, 2.75) is 231 Å². The Kier molecular flexibility index (Phi) is 29.3. The summed E-state index contributed by atoms with van der Waals surface area (Å²) in [4.78, 5) is 50.7. The molecule has 0 radical (unpaired) electrons. The van der Waals surface area contributed by atoms with Gasteiger partial charge in [-0.25, -0.2) is 19.9 Å². The molecule has 11 heteroatoms. The average molecular weight is 1130 g/mol. The number of aliphatic imine (C=N–C) groups is 1. The molecule has 7 aromatic rings. The van der Waals surface area contributed by atoms with Gasteiger partial charge in [0, 0.05) is 119 Å². The van der Waals surface area contributed by atoms with E-state index in [0.717, 1.165) is 40.6 Å². The van der Waals surface area contributed by atoms with E-state index in [1.165, 1.54) is 28.0 Å². The minimum Gasteiger partial charge on any atom is -0.329 e. The van der Waals surface area contributed by atoms with Crippen LogP contribution in [-0.2, 0) is 37.9 Å². The van der Waals surface area contributed by atoms with Crippen LogP contribution in [0, 0.1) is 26.2 Å². The van der Waals surface area contributed by atoms with Crippen LogP contribution in [0.5, 0.6) is 0 Å². The van der Waals surface area contributed by atoms with Gasteiger partial charge in [-0.2, -0.15) is 0 Å². The molecule has 7 aromatic heterocycles. The van der Waals surface area contributed by atoms with Crippen LogP contribution >= 0.6 is 0 Å². The summed E-state index contributed by atoms with van der Waals surface area (Å²) in [5, 5.41) is 0. The van der Waals surface area contributed by atoms with Crippen molar-refractivity contribution in [1.82, 2.24) is 44.9 Å². The molecule has 1 aliphatic rings. The number of aromatic amines is 1. The summed E-state index contributed by atoms with van der Waals surface area (Å²) in [6.45, 7) is 57.9. The third-order valence-electron chi connectivity index (χ3n) is 12.5. The number of hydrogen-bond donors (Lipinski definition) is 1. The van der Waals surface area contributed by atoms with Crippen LogP contribution in [0.3, 0.4) is 0 Å². The first-order chi connectivity index (χ1) is 37.9. The average Bonchev–Trinajstić information content (AvgIpc) is 3.95. The van der Waals surface area contributed by atoms with E-state index in [4.69, 9.17) is 0 Å². The van der Waals surface area contributed by atoms with Crippen molar-refractivity contribution in [2.75, 3.05) is 0 Å². The highest BCUT2D eigenvalue weighted by atomic mass is 16.1. The van der Waals surface area contributed by atoms with Crippen LogP contribution in [-0.4, -0.2) is 51.1 Å². The fourth-order valence-electron chi connectivity index (χ4n) is 6.84. The quantitative estimate of drug-likeness (QED) is 0.157. The van der Waals surface area contributed by atoms with Gasteiger partial charge in [0.15, 0.2) is 0 Å². The molecule has 8 heterocycles. The van der Waals surface area contributed by atoms with Crippen molar-refractivity contribution in [3.8, 4) is 0 Å². The summed E-state index contributed by atoms with van der Waals surface area (Å²) in [6, 6.07) is 24.0. The monoisotopic (exact) mass is 1130 g/mol. The molecule has 83 heavy (non-hydrogen) atoms. The molecule has 0 spiro atoms. The van der Waals surface area contributed by atoms with Gasteiger partial charge in [0.1, 0.15) is 12.2 Å². The van der Waals surface area contributed by atoms with E-state index in [1.54, 1.807) is 43.4 Å². The van der Waals surface area contributed by atoms with E-state index in [0.29, 0.717) is 0 Å². The van der Waals surface area contributed by atoms with Crippen LogP contribution in [0.25, 0.3) is 0 Å². The first-order valence-electron chi connectivity index (χ1n) is 29.1. The van der Waals surface area contributed by atoms with Gasteiger partial charge in [0.25, 0.3) is 0 Å². The van der Waals surface area contributed by atoms with E-state index in [1.807, 2.05) is 76.0 Å². The van der Waals surface area contributed by atoms with Crippen LogP contribution in [0.1, 0.15) is 229 Å². The van der Waals surface area contributed by atoms with Gasteiger partial charge in [-0.3, -0.25) is 29.7 Å². The normalized spacial score (nSPS) is 12.3. The molecule has 11 nitrogen and oxygen atoms in total. The predicted molar refractivity (Wildman–Crippen MR) is 354 cm³/mol. The van der Waals surface area contributed by atoms with E-state index >= 15 is 0 Å². The van der Waals surface area contributed by atoms with E-state index in [9.17, 15) is 4.79 Å². The molecule has 0 bridgehead atoms. The van der Waals surface area contributed by atoms with Gasteiger partial charge >= 0.3 is 0 Å². The van der Waals surface area contributed by atoms with Gasteiger partial charge in [-0.05, 0) is 124 Å². The Labute approximate surface area is 503 Å². The molecule has 0 unspecified atom stereocenters. The second kappa shape index (κ2) is 32.8. The number of H-pyrrole nitrogens is 1. The van der Waals surface area contributed by atoms with Crippen molar-refractivity contribution in [2.24, 2.45) is 10.4 Å². The Bertz CT molecular complexity index is 2830. The number of aromatic nitrogens is 9. The SMILES string of the molecule is CC(C)(C)C1=CCC=N1.CC(C)(C)c1cc[nH]c(=O)c1.CC(C)(C)c1cccnc1.CC(C)(C)c1ccncn1.CC(C)(C)c1ncccn1.Cc1cc(C(C)(C)C)ccn1.Cc1ccc(C(C)(C)C)cn1.Cc1ccc(C(C)(C)C)cn1. The number of nitrogens with one attached hydrogen (secondary N) is 1. The van der Waals surface area contributed by atoms with Crippen LogP contribution in [0.15, 0.2) is 156 Å². The standard InChI is InChI=1S/3C10H15N.C9H13NO.C9H13N.2C8H12N2.C8H13N/c1-8-7-9(5-6-11-8)10(2,3)4;2*1-8-5-6-9(7-11-8)10(2,3)4;1-9(2,3)7-4-5-10-8(11)6-7;1-9(2,3)8-5-4-6-10-7-8;1-8(2,3)7-4-5-9-6-10-7;1-8(2,3)7-9-5-4-6-10-7;1-8(2,3)7-5-4-6-9-7/h3*5-7H,1-4H3;4-6H,1-3H3,(H,10,11);4-7H,1-3H3;2*4-6H,1-3H3;5-6H,4H2,1-3H3. The summed E-state index contributed by atoms with van der Waals surface area (Å²) in [6.07, 6.45) is 23.2. The molecule has 1 aliphatic heterocycles. The number of pyridine rings is 5. The molecule has 0 saturated heterocycles. The highest BCUT2D eigenvalue weighted by Crippen LogP contribution is 2.29. The number of aryl methyl sites for hydroxylation is 3. The summed E-state index contributed by atoms with van der Waals surface area (Å²) in [5.41, 5.74) is 13.3. The van der Waals surface area contributed by atoms with Gasteiger partial charge in [0.05, 0.1) is 0 Å². The van der Waals surface area contributed by atoms with Gasteiger partial charge in [0.2, 0.25) is 5.56 Å². The van der Waals surface area contributed by atoms with E-state index in [2.05, 4.69) is 265 Å². The number of nitrogens with zero attached hydrogens (tertiary/aromatic N) is 9. The lowest BCUT2D eigenvalue weighted by atomic mass is 9.87. The highest BCUT2D eigenvalue weighted by molar-refractivity contribution is 5.65. The minimum atomic E-state index is -0.0302. The van der Waals surface area contributed by atoms with Crippen LogP contribution in [0.4, 0.5) is 0 Å². The number of allylic oxidation sites excluding steroid dienone is 2. The Hall–Kier alpha value is -6.88. The zero-order chi connectivity index (χ0) is 63.7. The lowest BCUT2D eigenvalue weighted by Gasteiger charge is -2.18. The number of rotatable bonds is 0. The fraction of sp³-hybridized carbons (Fsp3) is 0.500. The molecular weight excluding hydrogens is 1020 g/mol. The fourth-order valence-corrected chi connectivity index (χ4v) is 6.84. The van der Waals surface area contributed by atoms with Gasteiger partial charge < -0.3 is 4.98 Å². The third kappa shape index (κ3) is 31.9. The maximum atomic E-state index is 10.9. The maximum Gasteiger partial charge on any atom is 0.248 e. The van der Waals surface area contributed by atoms with Crippen LogP contribution in [0.2, 0.25) is 0 Å². The topological polar surface area (TPSA) is 148 Å². The molecular formula is C72H108N10O. The molecule has 452 valence electrons. The molecule has 0 saturated carbocycles. The third-order valence-corrected chi connectivity index (χ3v) is 12.5. The Morgan fingerprint density at radius 2 is 0.880 bits per heavy atom. The van der Waals surface area contributed by atoms with E-state index in [-0.39, 0.29) is 48.9 Å². The maximum absolute atomic E-state index is 10.9. The highest BCUT2D eigenvalue weighted by Gasteiger charge is 2.19. The first kappa shape index (κ1) is 74.1. The predicted octanol–water partition coefficient (Wildman–Crippen LogP) is 18.1. The van der Waals surface area contributed by atoms with Crippen molar-refractivity contribution in [3.63, 3.8) is 0 Å². The molecule has 8 rings (SSSR count). The van der Waals surface area contributed by atoms with Crippen molar-refractivity contribution in [3.05, 3.63) is 213 Å². The van der Waals surface area contributed by atoms with Crippen molar-refractivity contribution >= 4 is 6.21 Å². The lowest BCUT2D eigenvalue weighted by molar-refractivity contribution is 0.500. The Balaban J connectivity index is 0.000000475. The number of hydrogen-bond acceptors (Lipinski definition) is 10. The Morgan fingerprint density at radius 3 is 1.16 bits per heavy atom. The summed E-state index contributed by atoms with van der Waals surface area (Å²) < 4.78 is 0. The molecule has 0 atom stereocenters. The molecule has 0 fully saturated rings. The molecule has 0 aromatic carbocycles. The molecule has 0 amide bonds. The smallest absolute Gasteiger partial charge is 0.248 e. The van der Waals surface area contributed by atoms with Gasteiger partial charge in [-0.1, -0.05) is 190 Å². The lowest BCUT2D eigenvalue weighted by Crippen LogP contribution is -2.15. The largest absolute Gasteiger partial charge is 0.329 e. The minimum absolute atomic E-state index is 0.0302. The first-order valence-corrected chi connectivity index (χ1v) is 29.1. The summed E-state index contributed by atoms with van der Waals surface area (Å²) >= 11 is 0. The van der Waals surface area contributed by atoms with Crippen LogP contribution < -0.4 is 5.56 Å². The Morgan fingerprint density at radius 1 is 0.386 bits per heavy atom. The molecule has 0 aliphatic carbocycles. The zero-order valence-corrected chi connectivity index (χ0v) is 56.5. The van der Waals surface area contributed by atoms with Crippen molar-refractivity contribution in [1.29, 1.82) is 0 Å². The molecule has 1 N–H and O–H groups in total. The summed E-state index contributed by atoms with van der Waals surface area (Å²) in [5.74, 6) is 0.898. The van der Waals surface area contributed by atoms with Crippen molar-refractivity contribution < 1.29 is 0 Å². The summed E-state index contributed by atoms with van der Waals surface area (Å²) in [7, 11) is 0. The van der Waals surface area contributed by atoms with E-state index < -0.39 is 0 Å². The second-order valence-electron chi connectivity index (χ2n) is 29.0. The second-order valence-corrected chi connectivity index (χ2v) is 29.0. The zero-order valence-electron chi connectivity index (χ0n) is 56.5.